The molecule has 2 amide bonds. The first-order valence-corrected chi connectivity index (χ1v) is 7.82. The number of nitrogens with one attached hydrogen (secondary N) is 4. The highest BCUT2D eigenvalue weighted by Crippen LogP contribution is 2.12. The van der Waals surface area contributed by atoms with Crippen LogP contribution >= 0.6 is 0 Å². The maximum Gasteiger partial charge on any atom is 0.328 e. The van der Waals surface area contributed by atoms with E-state index in [2.05, 4.69) is 26.1 Å². The zero-order chi connectivity index (χ0) is 19.7. The lowest BCUT2D eigenvalue weighted by atomic mass is 10.1. The van der Waals surface area contributed by atoms with E-state index in [0.29, 0.717) is 19.4 Å². The minimum atomic E-state index is -1.44. The maximum atomic E-state index is 11.7. The summed E-state index contributed by atoms with van der Waals surface area (Å²) in [5, 5.41) is 36.0. The minimum Gasteiger partial charge on any atom is -0.480 e. The lowest BCUT2D eigenvalue weighted by Gasteiger charge is -2.16. The number of carboxylic acid groups (broad SMARTS) is 1. The van der Waals surface area contributed by atoms with Gasteiger partial charge in [0.25, 0.3) is 0 Å². The molecule has 0 bridgehead atoms. The maximum absolute atomic E-state index is 11.7. The molecule has 1 heterocycles. The molecule has 0 aliphatic rings. The molecule has 13 nitrogen and oxygen atoms in total. The summed E-state index contributed by atoms with van der Waals surface area (Å²) < 4.78 is 4.96. The smallest absolute Gasteiger partial charge is 0.328 e. The van der Waals surface area contributed by atoms with E-state index >= 15 is 0 Å². The van der Waals surface area contributed by atoms with Crippen LogP contribution in [-0.2, 0) is 11.3 Å². The SMILES string of the molecule is CC(O)C(NC(=O)NCc1nc([C@@H](N)CCCNC(=N)N)no1)C(=O)O. The molecule has 1 aromatic rings. The summed E-state index contributed by atoms with van der Waals surface area (Å²) in [6.07, 6.45) is -0.0907. The van der Waals surface area contributed by atoms with Crippen LogP contribution in [0, 0.1) is 5.41 Å². The van der Waals surface area contributed by atoms with Crippen molar-refractivity contribution in [3.05, 3.63) is 11.7 Å². The van der Waals surface area contributed by atoms with Gasteiger partial charge in [-0.15, -0.1) is 0 Å². The first-order valence-electron chi connectivity index (χ1n) is 7.82. The lowest BCUT2D eigenvalue weighted by Crippen LogP contribution is -2.51. The van der Waals surface area contributed by atoms with Crippen LogP contribution in [0.4, 0.5) is 4.79 Å². The number of aromatic nitrogens is 2. The fourth-order valence-corrected chi connectivity index (χ4v) is 1.90. The van der Waals surface area contributed by atoms with E-state index in [0.717, 1.165) is 0 Å². The molecule has 0 radical (unpaired) electrons. The summed E-state index contributed by atoms with van der Waals surface area (Å²) in [4.78, 5) is 26.6. The van der Waals surface area contributed by atoms with Crippen molar-refractivity contribution < 1.29 is 24.3 Å². The predicted molar refractivity (Wildman–Crippen MR) is 88.9 cm³/mol. The number of hydrogen-bond donors (Lipinski definition) is 8. The van der Waals surface area contributed by atoms with E-state index in [9.17, 15) is 14.7 Å². The molecule has 0 saturated carbocycles. The normalized spacial score (nSPS) is 14.1. The average Bonchev–Trinajstić information content (AvgIpc) is 3.02. The molecule has 13 heteroatoms. The quantitative estimate of drug-likeness (QED) is 0.127. The summed E-state index contributed by atoms with van der Waals surface area (Å²) in [5.74, 6) is -1.13. The summed E-state index contributed by atoms with van der Waals surface area (Å²) in [6.45, 7) is 1.60. The van der Waals surface area contributed by atoms with E-state index in [-0.39, 0.29) is 24.2 Å². The number of rotatable bonds is 10. The number of carbonyl (C=O) groups is 2. The molecule has 2 unspecified atom stereocenters. The number of urea groups is 1. The fourth-order valence-electron chi connectivity index (χ4n) is 1.90. The van der Waals surface area contributed by atoms with E-state index in [1.54, 1.807) is 0 Å². The van der Waals surface area contributed by atoms with Crippen LogP contribution in [0.5, 0.6) is 0 Å². The van der Waals surface area contributed by atoms with Gasteiger partial charge in [-0.3, -0.25) is 5.41 Å². The molecule has 1 aromatic heterocycles. The minimum absolute atomic E-state index is 0.0939. The number of guanidine groups is 1. The van der Waals surface area contributed by atoms with Crippen LogP contribution in [0.25, 0.3) is 0 Å². The number of hydrogen-bond acceptors (Lipinski definition) is 8. The summed E-state index contributed by atoms with van der Waals surface area (Å²) in [5.41, 5.74) is 11.1. The lowest BCUT2D eigenvalue weighted by molar-refractivity contribution is -0.141. The Labute approximate surface area is 149 Å². The van der Waals surface area contributed by atoms with Crippen LogP contribution in [0.15, 0.2) is 4.52 Å². The second-order valence-corrected chi connectivity index (χ2v) is 5.52. The second-order valence-electron chi connectivity index (χ2n) is 5.52. The average molecular weight is 372 g/mol. The molecule has 0 aliphatic heterocycles. The Bertz CT molecular complexity index is 619. The number of aliphatic carboxylic acids is 1. The molecule has 3 atom stereocenters. The monoisotopic (exact) mass is 372 g/mol. The van der Waals surface area contributed by atoms with E-state index in [4.69, 9.17) is 26.5 Å². The molecule has 1 rings (SSSR count). The van der Waals surface area contributed by atoms with Gasteiger partial charge in [0.15, 0.2) is 17.8 Å². The Morgan fingerprint density at radius 3 is 2.65 bits per heavy atom. The topological polar surface area (TPSA) is 225 Å². The third kappa shape index (κ3) is 7.31. The van der Waals surface area contributed by atoms with Crippen molar-refractivity contribution in [3.8, 4) is 0 Å². The Balaban J connectivity index is 2.42. The van der Waals surface area contributed by atoms with Gasteiger partial charge in [0.1, 0.15) is 0 Å². The van der Waals surface area contributed by atoms with Gasteiger partial charge in [-0.05, 0) is 19.8 Å². The Morgan fingerprint density at radius 1 is 1.38 bits per heavy atom. The van der Waals surface area contributed by atoms with E-state index < -0.39 is 30.2 Å². The number of amides is 2. The standard InChI is InChI=1S/C13H24N8O5/c1-6(22)9(11(23)24)20-13(25)18-5-8-19-10(21-26-8)7(14)3-2-4-17-12(15)16/h6-7,9,22H,2-5,14H2,1H3,(H,23,24)(H4,15,16,17)(H2,18,20,25)/t6?,7-,9?/m0/s1. The van der Waals surface area contributed by atoms with Gasteiger partial charge < -0.3 is 42.2 Å². The van der Waals surface area contributed by atoms with E-state index in [1.807, 2.05) is 0 Å². The molecule has 0 spiro atoms. The molecule has 0 fully saturated rings. The molecule has 0 aliphatic carbocycles. The zero-order valence-corrected chi connectivity index (χ0v) is 14.2. The number of carboxylic acids is 1. The number of carbonyl (C=O) groups excluding carboxylic acids is 1. The third-order valence-electron chi connectivity index (χ3n) is 3.26. The summed E-state index contributed by atoms with van der Waals surface area (Å²) >= 11 is 0. The van der Waals surface area contributed by atoms with Gasteiger partial charge in [-0.1, -0.05) is 5.16 Å². The van der Waals surface area contributed by atoms with Crippen molar-refractivity contribution in [2.75, 3.05) is 6.54 Å². The fraction of sp³-hybridized carbons (Fsp3) is 0.615. The van der Waals surface area contributed by atoms with Crippen LogP contribution in [0.2, 0.25) is 0 Å². The van der Waals surface area contributed by atoms with Crippen LogP contribution in [0.1, 0.15) is 37.5 Å². The zero-order valence-electron chi connectivity index (χ0n) is 14.2. The largest absolute Gasteiger partial charge is 0.480 e. The van der Waals surface area contributed by atoms with Gasteiger partial charge in [-0.2, -0.15) is 4.98 Å². The molecule has 26 heavy (non-hydrogen) atoms. The van der Waals surface area contributed by atoms with Crippen molar-refractivity contribution in [2.24, 2.45) is 11.5 Å². The van der Waals surface area contributed by atoms with Gasteiger partial charge in [-0.25, -0.2) is 9.59 Å². The van der Waals surface area contributed by atoms with Gasteiger partial charge in [0.2, 0.25) is 5.89 Å². The van der Waals surface area contributed by atoms with E-state index in [1.165, 1.54) is 6.92 Å². The predicted octanol–water partition coefficient (Wildman–Crippen LogP) is -2.03. The molecule has 10 N–H and O–H groups in total. The Morgan fingerprint density at radius 2 is 2.08 bits per heavy atom. The number of nitrogens with zero attached hydrogens (tertiary/aromatic N) is 2. The Hall–Kier alpha value is -2.93. The van der Waals surface area contributed by atoms with Crippen molar-refractivity contribution in [3.63, 3.8) is 0 Å². The highest BCUT2D eigenvalue weighted by molar-refractivity contribution is 5.82. The molecule has 146 valence electrons. The number of aliphatic hydroxyl groups excluding tert-OH is 1. The first-order chi connectivity index (χ1) is 12.2. The third-order valence-corrected chi connectivity index (χ3v) is 3.26. The van der Waals surface area contributed by atoms with Crippen LogP contribution < -0.4 is 27.4 Å². The first kappa shape index (κ1) is 21.1. The number of nitrogens with two attached hydrogens (primary N) is 2. The van der Waals surface area contributed by atoms with Gasteiger partial charge in [0.05, 0.1) is 18.7 Å². The van der Waals surface area contributed by atoms with Crippen molar-refractivity contribution in [2.45, 2.75) is 44.5 Å². The molecular formula is C13H24N8O5. The number of aliphatic hydroxyl groups is 1. The molecule has 0 saturated heterocycles. The van der Waals surface area contributed by atoms with Crippen molar-refractivity contribution >= 4 is 18.0 Å². The van der Waals surface area contributed by atoms with Gasteiger partial charge >= 0.3 is 12.0 Å². The second kappa shape index (κ2) is 10.1. The highest BCUT2D eigenvalue weighted by Gasteiger charge is 2.25. The Kier molecular flexibility index (Phi) is 8.24. The van der Waals surface area contributed by atoms with Crippen molar-refractivity contribution in [1.29, 1.82) is 5.41 Å². The summed E-state index contributed by atoms with van der Waals surface area (Å²) in [6, 6.07) is -2.73. The summed E-state index contributed by atoms with van der Waals surface area (Å²) in [7, 11) is 0. The van der Waals surface area contributed by atoms with Crippen LogP contribution in [0.3, 0.4) is 0 Å². The van der Waals surface area contributed by atoms with Gasteiger partial charge in [0, 0.05) is 6.54 Å². The molecular weight excluding hydrogens is 348 g/mol. The highest BCUT2D eigenvalue weighted by atomic mass is 16.5. The molecule has 0 aromatic carbocycles. The van der Waals surface area contributed by atoms with Crippen molar-refractivity contribution in [1.82, 2.24) is 26.1 Å². The van der Waals surface area contributed by atoms with Crippen LogP contribution in [-0.4, -0.2) is 57.0 Å².